The highest BCUT2D eigenvalue weighted by Crippen LogP contribution is 2.32. The van der Waals surface area contributed by atoms with Gasteiger partial charge in [0.05, 0.1) is 0 Å². The molecular weight excluding hydrogens is 214 g/mol. The minimum absolute atomic E-state index is 0.0939. The third-order valence-corrected chi connectivity index (χ3v) is 3.56. The van der Waals surface area contributed by atoms with Crippen LogP contribution < -0.4 is 0 Å². The summed E-state index contributed by atoms with van der Waals surface area (Å²) in [5.41, 5.74) is 0. The monoisotopic (exact) mass is 231 g/mol. The van der Waals surface area contributed by atoms with Crippen molar-refractivity contribution in [1.29, 1.82) is 0 Å². The number of H-pyrrole nitrogens is 1. The summed E-state index contributed by atoms with van der Waals surface area (Å²) in [5.74, 6) is 2.47. The number of aromatic amines is 1. The van der Waals surface area contributed by atoms with Crippen LogP contribution in [0.4, 0.5) is 0 Å². The Bertz CT molecular complexity index is 467. The summed E-state index contributed by atoms with van der Waals surface area (Å²) in [5, 5.41) is 11.6. The molecule has 2 heterocycles. The van der Waals surface area contributed by atoms with Crippen molar-refractivity contribution in [3.8, 4) is 0 Å². The average Bonchev–Trinajstić information content (AvgIpc) is 3.09. The Balaban J connectivity index is 1.80. The zero-order valence-corrected chi connectivity index (χ0v) is 10.0. The Labute approximate surface area is 100 Å². The minimum Gasteiger partial charge on any atom is -0.263 e. The Morgan fingerprint density at radius 2 is 2.24 bits per heavy atom. The van der Waals surface area contributed by atoms with E-state index >= 15 is 0 Å². The van der Waals surface area contributed by atoms with Gasteiger partial charge in [-0.05, 0) is 25.8 Å². The molecular formula is C12H17N5. The molecule has 1 aliphatic carbocycles. The molecule has 90 valence electrons. The summed E-state index contributed by atoms with van der Waals surface area (Å²) >= 11 is 0. The molecule has 1 saturated carbocycles. The number of nitrogens with one attached hydrogen (secondary N) is 1. The molecule has 0 saturated heterocycles. The van der Waals surface area contributed by atoms with Crippen LogP contribution in [0, 0.1) is 0 Å². The highest BCUT2D eigenvalue weighted by molar-refractivity contribution is 5.03. The lowest BCUT2D eigenvalue weighted by Gasteiger charge is -2.07. The maximum atomic E-state index is 4.62. The van der Waals surface area contributed by atoms with Gasteiger partial charge in [-0.3, -0.25) is 9.78 Å². The fraction of sp³-hybridized carbons (Fsp3) is 0.583. The van der Waals surface area contributed by atoms with Gasteiger partial charge < -0.3 is 0 Å². The zero-order valence-electron chi connectivity index (χ0n) is 10.0. The van der Waals surface area contributed by atoms with Gasteiger partial charge in [0, 0.05) is 18.3 Å². The van der Waals surface area contributed by atoms with E-state index in [9.17, 15) is 0 Å². The second-order valence-corrected chi connectivity index (χ2v) is 4.72. The first-order valence-corrected chi connectivity index (χ1v) is 6.26. The summed E-state index contributed by atoms with van der Waals surface area (Å²) in [6, 6.07) is 2.01. The molecule has 0 bridgehead atoms. The predicted octanol–water partition coefficient (Wildman–Crippen LogP) is 2.27. The van der Waals surface area contributed by atoms with E-state index in [0.717, 1.165) is 11.6 Å². The molecule has 1 unspecified atom stereocenters. The third kappa shape index (κ3) is 1.97. The number of hydrogen-bond donors (Lipinski definition) is 1. The number of aromatic nitrogens is 5. The van der Waals surface area contributed by atoms with Crippen LogP contribution >= 0.6 is 0 Å². The van der Waals surface area contributed by atoms with Crippen LogP contribution in [0.2, 0.25) is 0 Å². The number of rotatable bonds is 3. The fourth-order valence-electron chi connectivity index (χ4n) is 2.48. The van der Waals surface area contributed by atoms with Gasteiger partial charge in [0.15, 0.2) is 5.82 Å². The van der Waals surface area contributed by atoms with E-state index in [-0.39, 0.29) is 6.04 Å². The van der Waals surface area contributed by atoms with Gasteiger partial charge in [0.1, 0.15) is 11.9 Å². The Hall–Kier alpha value is -1.65. The summed E-state index contributed by atoms with van der Waals surface area (Å²) in [7, 11) is 0. The van der Waals surface area contributed by atoms with Gasteiger partial charge >= 0.3 is 0 Å². The molecule has 2 aromatic rings. The largest absolute Gasteiger partial charge is 0.263 e. The first-order chi connectivity index (χ1) is 8.34. The van der Waals surface area contributed by atoms with E-state index < -0.39 is 0 Å². The van der Waals surface area contributed by atoms with Crippen LogP contribution in [0.3, 0.4) is 0 Å². The summed E-state index contributed by atoms with van der Waals surface area (Å²) in [6.07, 6.45) is 8.83. The normalized spacial score (nSPS) is 18.6. The lowest BCUT2D eigenvalue weighted by atomic mass is 10.1. The molecule has 0 aliphatic heterocycles. The first-order valence-electron chi connectivity index (χ1n) is 6.26. The van der Waals surface area contributed by atoms with Crippen molar-refractivity contribution in [1.82, 2.24) is 25.0 Å². The van der Waals surface area contributed by atoms with Gasteiger partial charge in [-0.25, -0.2) is 4.98 Å². The molecule has 3 rings (SSSR count). The maximum absolute atomic E-state index is 4.62. The third-order valence-electron chi connectivity index (χ3n) is 3.56. The molecule has 0 spiro atoms. The van der Waals surface area contributed by atoms with Crippen LogP contribution in [0.25, 0.3) is 0 Å². The van der Waals surface area contributed by atoms with Gasteiger partial charge in [-0.2, -0.15) is 10.2 Å². The second kappa shape index (κ2) is 4.31. The molecule has 2 aromatic heterocycles. The highest BCUT2D eigenvalue weighted by atomic mass is 15.3. The molecule has 5 nitrogen and oxygen atoms in total. The smallest absolute Gasteiger partial charge is 0.174 e. The van der Waals surface area contributed by atoms with E-state index in [0.29, 0.717) is 5.92 Å². The van der Waals surface area contributed by atoms with Crippen molar-refractivity contribution in [2.45, 2.75) is 44.6 Å². The van der Waals surface area contributed by atoms with Gasteiger partial charge in [0.2, 0.25) is 0 Å². The molecule has 1 fully saturated rings. The SMILES string of the molecule is CC(c1n[nH]c(C2CCCC2)n1)n1cccn1. The quantitative estimate of drug-likeness (QED) is 0.881. The Kier molecular flexibility index (Phi) is 2.66. The lowest BCUT2D eigenvalue weighted by molar-refractivity contribution is 0.537. The van der Waals surface area contributed by atoms with E-state index in [1.54, 1.807) is 6.20 Å². The lowest BCUT2D eigenvalue weighted by Crippen LogP contribution is -2.09. The minimum atomic E-state index is 0.0939. The van der Waals surface area contributed by atoms with Crippen LogP contribution in [0.15, 0.2) is 18.5 Å². The van der Waals surface area contributed by atoms with Crippen molar-refractivity contribution < 1.29 is 0 Å². The van der Waals surface area contributed by atoms with E-state index in [4.69, 9.17) is 0 Å². The first kappa shape index (κ1) is 10.5. The Morgan fingerprint density at radius 1 is 1.41 bits per heavy atom. The molecule has 17 heavy (non-hydrogen) atoms. The molecule has 0 aromatic carbocycles. The van der Waals surface area contributed by atoms with Crippen molar-refractivity contribution in [3.63, 3.8) is 0 Å². The molecule has 1 atom stereocenters. The molecule has 1 N–H and O–H groups in total. The van der Waals surface area contributed by atoms with Crippen molar-refractivity contribution in [3.05, 3.63) is 30.1 Å². The van der Waals surface area contributed by atoms with Crippen LogP contribution in [-0.4, -0.2) is 25.0 Å². The molecule has 0 amide bonds. The van der Waals surface area contributed by atoms with Crippen molar-refractivity contribution in [2.75, 3.05) is 0 Å². The molecule has 1 aliphatic rings. The highest BCUT2D eigenvalue weighted by Gasteiger charge is 2.22. The fourth-order valence-corrected chi connectivity index (χ4v) is 2.48. The van der Waals surface area contributed by atoms with Crippen LogP contribution in [-0.2, 0) is 0 Å². The zero-order chi connectivity index (χ0) is 11.7. The van der Waals surface area contributed by atoms with Crippen LogP contribution in [0.1, 0.15) is 56.2 Å². The maximum Gasteiger partial charge on any atom is 0.174 e. The van der Waals surface area contributed by atoms with E-state index in [2.05, 4.69) is 27.2 Å². The van der Waals surface area contributed by atoms with E-state index in [1.165, 1.54) is 25.7 Å². The molecule has 0 radical (unpaired) electrons. The Morgan fingerprint density at radius 3 is 2.94 bits per heavy atom. The summed E-state index contributed by atoms with van der Waals surface area (Å²) < 4.78 is 1.88. The summed E-state index contributed by atoms with van der Waals surface area (Å²) in [4.78, 5) is 4.62. The topological polar surface area (TPSA) is 59.4 Å². The van der Waals surface area contributed by atoms with Gasteiger partial charge in [-0.15, -0.1) is 0 Å². The van der Waals surface area contributed by atoms with Gasteiger partial charge in [0.25, 0.3) is 0 Å². The van der Waals surface area contributed by atoms with Crippen molar-refractivity contribution in [2.24, 2.45) is 0 Å². The second-order valence-electron chi connectivity index (χ2n) is 4.72. The average molecular weight is 231 g/mol. The van der Waals surface area contributed by atoms with Gasteiger partial charge in [-0.1, -0.05) is 12.8 Å². The predicted molar refractivity (Wildman–Crippen MR) is 63.6 cm³/mol. The standard InChI is InChI=1S/C12H17N5/c1-9(17-8-4-7-13-17)11-14-12(16-15-11)10-5-2-3-6-10/h4,7-10H,2-3,5-6H2,1H3,(H,14,15,16). The van der Waals surface area contributed by atoms with E-state index in [1.807, 2.05) is 16.9 Å². The van der Waals surface area contributed by atoms with Crippen molar-refractivity contribution >= 4 is 0 Å². The number of nitrogens with zero attached hydrogens (tertiary/aromatic N) is 4. The molecule has 5 heteroatoms. The number of hydrogen-bond acceptors (Lipinski definition) is 3. The summed E-state index contributed by atoms with van der Waals surface area (Å²) in [6.45, 7) is 2.06. The van der Waals surface area contributed by atoms with Crippen LogP contribution in [0.5, 0.6) is 0 Å².